The molecule has 1 aromatic carbocycles. The SMILES string of the molecule is CCC1(CC)C(=O)NC(=O)N(c2ccccc2F)C1=O. The van der Waals surface area contributed by atoms with Gasteiger partial charge in [-0.1, -0.05) is 26.0 Å². The normalized spacial score (nSPS) is 18.1. The molecule has 0 radical (unpaired) electrons. The second-order valence-electron chi connectivity index (χ2n) is 4.64. The lowest BCUT2D eigenvalue weighted by molar-refractivity contribution is -0.143. The fourth-order valence-corrected chi connectivity index (χ4v) is 2.40. The zero-order valence-corrected chi connectivity index (χ0v) is 11.3. The highest BCUT2D eigenvalue weighted by atomic mass is 19.1. The second kappa shape index (κ2) is 5.03. The zero-order chi connectivity index (χ0) is 14.9. The van der Waals surface area contributed by atoms with Gasteiger partial charge in [-0.25, -0.2) is 14.1 Å². The molecule has 1 aromatic rings. The number of carbonyl (C=O) groups is 3. The number of rotatable bonds is 3. The number of halogens is 1. The quantitative estimate of drug-likeness (QED) is 0.862. The zero-order valence-electron chi connectivity index (χ0n) is 11.3. The van der Waals surface area contributed by atoms with Crippen LogP contribution >= 0.6 is 0 Å². The van der Waals surface area contributed by atoms with Crippen LogP contribution in [-0.4, -0.2) is 17.8 Å². The Morgan fingerprint density at radius 1 is 1.15 bits per heavy atom. The number of anilines is 1. The molecule has 0 aromatic heterocycles. The van der Waals surface area contributed by atoms with Crippen molar-refractivity contribution in [1.82, 2.24) is 5.32 Å². The van der Waals surface area contributed by atoms with Gasteiger partial charge in [0.25, 0.3) is 5.91 Å². The lowest BCUT2D eigenvalue weighted by Gasteiger charge is -2.38. The third-order valence-corrected chi connectivity index (χ3v) is 3.77. The van der Waals surface area contributed by atoms with E-state index < -0.39 is 29.1 Å². The third kappa shape index (κ3) is 1.88. The van der Waals surface area contributed by atoms with Crippen molar-refractivity contribution in [2.75, 3.05) is 4.90 Å². The van der Waals surface area contributed by atoms with Gasteiger partial charge in [0.15, 0.2) is 0 Å². The number of carbonyl (C=O) groups excluding carboxylic acids is 3. The Labute approximate surface area is 115 Å². The Balaban J connectivity index is 2.54. The van der Waals surface area contributed by atoms with Crippen LogP contribution in [0.1, 0.15) is 26.7 Å². The van der Waals surface area contributed by atoms with E-state index in [1.54, 1.807) is 13.8 Å². The summed E-state index contributed by atoms with van der Waals surface area (Å²) in [4.78, 5) is 37.2. The standard InChI is InChI=1S/C14H15FN2O3/c1-3-14(4-2)11(18)16-13(20)17(12(14)19)10-8-6-5-7-9(10)15/h5-8H,3-4H2,1-2H3,(H,16,18,20). The van der Waals surface area contributed by atoms with Crippen molar-refractivity contribution in [2.45, 2.75) is 26.7 Å². The summed E-state index contributed by atoms with van der Waals surface area (Å²) >= 11 is 0. The first-order chi connectivity index (χ1) is 9.47. The van der Waals surface area contributed by atoms with E-state index in [0.29, 0.717) is 4.90 Å². The van der Waals surface area contributed by atoms with Gasteiger partial charge in [0, 0.05) is 0 Å². The molecule has 5 nitrogen and oxygen atoms in total. The highest BCUT2D eigenvalue weighted by Gasteiger charge is 2.52. The summed E-state index contributed by atoms with van der Waals surface area (Å²) < 4.78 is 13.8. The number of nitrogens with one attached hydrogen (secondary N) is 1. The molecule has 0 bridgehead atoms. The predicted octanol–water partition coefficient (Wildman–Crippen LogP) is 2.21. The number of benzene rings is 1. The lowest BCUT2D eigenvalue weighted by atomic mass is 9.78. The smallest absolute Gasteiger partial charge is 0.276 e. The number of barbiturate groups is 1. The highest BCUT2D eigenvalue weighted by Crippen LogP contribution is 2.35. The summed E-state index contributed by atoms with van der Waals surface area (Å²) in [5.74, 6) is -1.99. The van der Waals surface area contributed by atoms with Gasteiger partial charge in [0.05, 0.1) is 5.69 Å². The molecule has 0 spiro atoms. The summed E-state index contributed by atoms with van der Waals surface area (Å²) in [7, 11) is 0. The van der Waals surface area contributed by atoms with Crippen LogP contribution in [0.4, 0.5) is 14.9 Å². The van der Waals surface area contributed by atoms with Crippen molar-refractivity contribution in [3.05, 3.63) is 30.1 Å². The van der Waals surface area contributed by atoms with Crippen molar-refractivity contribution in [1.29, 1.82) is 0 Å². The molecule has 20 heavy (non-hydrogen) atoms. The number of hydrogen-bond acceptors (Lipinski definition) is 3. The minimum absolute atomic E-state index is 0.145. The molecule has 1 aliphatic heterocycles. The maximum Gasteiger partial charge on any atom is 0.335 e. The molecule has 6 heteroatoms. The molecule has 1 heterocycles. The van der Waals surface area contributed by atoms with Gasteiger partial charge in [0.2, 0.25) is 5.91 Å². The van der Waals surface area contributed by atoms with Crippen LogP contribution in [0.25, 0.3) is 0 Å². The minimum Gasteiger partial charge on any atom is -0.276 e. The van der Waals surface area contributed by atoms with Crippen LogP contribution in [0.5, 0.6) is 0 Å². The van der Waals surface area contributed by atoms with Crippen LogP contribution in [0.3, 0.4) is 0 Å². The van der Waals surface area contributed by atoms with Crippen LogP contribution in [0, 0.1) is 11.2 Å². The minimum atomic E-state index is -1.32. The van der Waals surface area contributed by atoms with Gasteiger partial charge >= 0.3 is 6.03 Å². The molecule has 1 N–H and O–H groups in total. The van der Waals surface area contributed by atoms with Crippen LogP contribution < -0.4 is 10.2 Å². The van der Waals surface area contributed by atoms with Gasteiger partial charge in [-0.05, 0) is 25.0 Å². The van der Waals surface area contributed by atoms with E-state index in [4.69, 9.17) is 0 Å². The summed E-state index contributed by atoms with van der Waals surface area (Å²) in [5.41, 5.74) is -1.47. The van der Waals surface area contributed by atoms with Gasteiger partial charge in [-0.15, -0.1) is 0 Å². The van der Waals surface area contributed by atoms with E-state index >= 15 is 0 Å². The first-order valence-corrected chi connectivity index (χ1v) is 6.42. The van der Waals surface area contributed by atoms with Crippen LogP contribution in [0.15, 0.2) is 24.3 Å². The fraction of sp³-hybridized carbons (Fsp3) is 0.357. The number of para-hydroxylation sites is 1. The van der Waals surface area contributed by atoms with E-state index in [-0.39, 0.29) is 18.5 Å². The fourth-order valence-electron chi connectivity index (χ4n) is 2.40. The Morgan fingerprint density at radius 3 is 2.30 bits per heavy atom. The average Bonchev–Trinajstić information content (AvgIpc) is 2.42. The summed E-state index contributed by atoms with van der Waals surface area (Å²) in [6.45, 7) is 3.38. The highest BCUT2D eigenvalue weighted by molar-refractivity contribution is 6.29. The molecular formula is C14H15FN2O3. The number of imide groups is 2. The summed E-state index contributed by atoms with van der Waals surface area (Å²) in [6, 6.07) is 4.56. The molecule has 2 rings (SSSR count). The number of hydrogen-bond donors (Lipinski definition) is 1. The molecule has 0 unspecified atom stereocenters. The van der Waals surface area contributed by atoms with Crippen molar-refractivity contribution >= 4 is 23.5 Å². The maximum absolute atomic E-state index is 13.8. The topological polar surface area (TPSA) is 66.5 Å². The summed E-state index contributed by atoms with van der Waals surface area (Å²) in [6.07, 6.45) is 0.485. The molecule has 0 atom stereocenters. The molecule has 1 aliphatic rings. The van der Waals surface area contributed by atoms with Crippen molar-refractivity contribution in [3.8, 4) is 0 Å². The van der Waals surface area contributed by atoms with Crippen molar-refractivity contribution in [3.63, 3.8) is 0 Å². The molecule has 106 valence electrons. The van der Waals surface area contributed by atoms with Gasteiger partial charge in [-0.2, -0.15) is 0 Å². The Bertz CT molecular complexity index is 582. The first-order valence-electron chi connectivity index (χ1n) is 6.42. The Hall–Kier alpha value is -2.24. The molecular weight excluding hydrogens is 263 g/mol. The Morgan fingerprint density at radius 2 is 1.75 bits per heavy atom. The number of urea groups is 1. The monoisotopic (exact) mass is 278 g/mol. The van der Waals surface area contributed by atoms with Crippen LogP contribution in [-0.2, 0) is 9.59 Å². The lowest BCUT2D eigenvalue weighted by Crippen LogP contribution is -2.64. The molecule has 0 aliphatic carbocycles. The largest absolute Gasteiger partial charge is 0.335 e. The van der Waals surface area contributed by atoms with E-state index in [2.05, 4.69) is 5.32 Å². The second-order valence-corrected chi connectivity index (χ2v) is 4.64. The van der Waals surface area contributed by atoms with Crippen molar-refractivity contribution < 1.29 is 18.8 Å². The molecule has 0 saturated carbocycles. The average molecular weight is 278 g/mol. The molecule has 4 amide bonds. The van der Waals surface area contributed by atoms with E-state index in [0.717, 1.165) is 6.07 Å². The number of nitrogens with zero attached hydrogens (tertiary/aromatic N) is 1. The first kappa shape index (κ1) is 14.2. The van der Waals surface area contributed by atoms with Crippen molar-refractivity contribution in [2.24, 2.45) is 5.41 Å². The van der Waals surface area contributed by atoms with E-state index in [9.17, 15) is 18.8 Å². The van der Waals surface area contributed by atoms with Gasteiger partial charge in [-0.3, -0.25) is 14.9 Å². The maximum atomic E-state index is 13.8. The predicted molar refractivity (Wildman–Crippen MR) is 70.4 cm³/mol. The molecule has 1 fully saturated rings. The van der Waals surface area contributed by atoms with E-state index in [1.165, 1.54) is 18.2 Å². The third-order valence-electron chi connectivity index (χ3n) is 3.77. The Kier molecular flexibility index (Phi) is 3.57. The molecule has 1 saturated heterocycles. The van der Waals surface area contributed by atoms with Gasteiger partial charge in [0.1, 0.15) is 11.2 Å². The van der Waals surface area contributed by atoms with Crippen LogP contribution in [0.2, 0.25) is 0 Å². The van der Waals surface area contributed by atoms with E-state index in [1.807, 2.05) is 0 Å². The summed E-state index contributed by atoms with van der Waals surface area (Å²) in [5, 5.41) is 2.14. The van der Waals surface area contributed by atoms with Gasteiger partial charge < -0.3 is 0 Å². The number of amides is 4.